The molecule has 0 N–H and O–H groups in total. The summed E-state index contributed by atoms with van der Waals surface area (Å²) < 4.78 is 12.0. The number of piperidine rings is 1. The zero-order valence-electron chi connectivity index (χ0n) is 20.9. The number of oxazole rings is 1. The minimum Gasteiger partial charge on any atom is -0.436 e. The Morgan fingerprint density at radius 3 is 2.40 bits per heavy atom. The first-order chi connectivity index (χ1) is 17.0. The Hall–Kier alpha value is -2.96. The first kappa shape index (κ1) is 23.8. The number of likely N-dealkylation sites (tertiary alicyclic amines) is 1. The van der Waals surface area contributed by atoms with Crippen molar-refractivity contribution in [3.8, 4) is 22.8 Å². The minimum absolute atomic E-state index is 0.0581. The van der Waals surface area contributed by atoms with E-state index in [2.05, 4.69) is 42.8 Å². The molecule has 1 amide bonds. The number of rotatable bonds is 5. The van der Waals surface area contributed by atoms with E-state index in [1.165, 1.54) is 5.56 Å². The van der Waals surface area contributed by atoms with E-state index in [1.807, 2.05) is 41.3 Å². The molecule has 3 aromatic rings. The number of morpholine rings is 1. The van der Waals surface area contributed by atoms with Crippen LogP contribution < -0.4 is 0 Å². The van der Waals surface area contributed by atoms with Crippen LogP contribution in [0.1, 0.15) is 42.6 Å². The van der Waals surface area contributed by atoms with Gasteiger partial charge in [0.15, 0.2) is 5.76 Å². The molecule has 5 rings (SSSR count). The Kier molecular flexibility index (Phi) is 7.02. The number of aromatic nitrogens is 1. The zero-order chi connectivity index (χ0) is 24.4. The van der Waals surface area contributed by atoms with Crippen LogP contribution in [-0.2, 0) is 4.74 Å². The van der Waals surface area contributed by atoms with Crippen molar-refractivity contribution in [2.75, 3.05) is 32.7 Å². The SMILES string of the molecule is Cc1ccc(-c2cnc(-c3ccccc3C(=O)N3CCC(CN4C[C@H](C)O[C@@H](C)C4)CC3)o2)cc1. The molecule has 35 heavy (non-hydrogen) atoms. The van der Waals surface area contributed by atoms with Gasteiger partial charge in [-0.3, -0.25) is 9.69 Å². The third-order valence-corrected chi connectivity index (χ3v) is 7.14. The molecule has 0 radical (unpaired) electrons. The predicted octanol–water partition coefficient (Wildman–Crippen LogP) is 5.28. The van der Waals surface area contributed by atoms with Gasteiger partial charge in [0.2, 0.25) is 5.89 Å². The lowest BCUT2D eigenvalue weighted by atomic mass is 9.94. The highest BCUT2D eigenvalue weighted by Crippen LogP contribution is 2.30. The van der Waals surface area contributed by atoms with E-state index < -0.39 is 0 Å². The Labute approximate surface area is 207 Å². The summed E-state index contributed by atoms with van der Waals surface area (Å²) in [6, 6.07) is 15.8. The summed E-state index contributed by atoms with van der Waals surface area (Å²) in [4.78, 5) is 22.6. The summed E-state index contributed by atoms with van der Waals surface area (Å²) in [5.74, 6) is 1.86. The molecule has 6 heteroatoms. The molecular weight excluding hydrogens is 438 g/mol. The molecular formula is C29H35N3O3. The van der Waals surface area contributed by atoms with Crippen molar-refractivity contribution in [3.05, 3.63) is 65.9 Å². The third kappa shape index (κ3) is 5.49. The Morgan fingerprint density at radius 2 is 1.69 bits per heavy atom. The fraction of sp³-hybridized carbons (Fsp3) is 0.448. The highest BCUT2D eigenvalue weighted by molar-refractivity contribution is 6.00. The lowest BCUT2D eigenvalue weighted by Gasteiger charge is -2.39. The van der Waals surface area contributed by atoms with Gasteiger partial charge >= 0.3 is 0 Å². The molecule has 184 valence electrons. The standard InChI is InChI=1S/C29H35N3O3/c1-20-8-10-24(11-9-20)27-16-30-28(35-27)25-6-4-5-7-26(25)29(33)32-14-12-23(13-15-32)19-31-17-21(2)34-22(3)18-31/h4-11,16,21-23H,12-15,17-19H2,1-3H3/t21-,22-/m0/s1. The molecule has 2 aliphatic rings. The number of ether oxygens (including phenoxy) is 1. The summed E-state index contributed by atoms with van der Waals surface area (Å²) in [5, 5.41) is 0. The second-order valence-electron chi connectivity index (χ2n) is 10.2. The van der Waals surface area contributed by atoms with Gasteiger partial charge < -0.3 is 14.1 Å². The Balaban J connectivity index is 1.25. The second kappa shape index (κ2) is 10.3. The normalized spacial score (nSPS) is 21.9. The lowest BCUT2D eigenvalue weighted by Crippen LogP contribution is -2.48. The smallest absolute Gasteiger partial charge is 0.254 e. The Bertz CT molecular complexity index is 1140. The molecule has 2 aromatic carbocycles. The van der Waals surface area contributed by atoms with Gasteiger partial charge in [-0.2, -0.15) is 0 Å². The minimum atomic E-state index is 0.0581. The van der Waals surface area contributed by atoms with Gasteiger partial charge in [-0.1, -0.05) is 42.0 Å². The maximum absolute atomic E-state index is 13.5. The van der Waals surface area contributed by atoms with E-state index in [0.717, 1.165) is 56.7 Å². The Morgan fingerprint density at radius 1 is 1.00 bits per heavy atom. The first-order valence-corrected chi connectivity index (χ1v) is 12.8. The molecule has 2 saturated heterocycles. The van der Waals surface area contributed by atoms with E-state index in [-0.39, 0.29) is 5.91 Å². The molecule has 6 nitrogen and oxygen atoms in total. The molecule has 2 fully saturated rings. The highest BCUT2D eigenvalue weighted by Gasteiger charge is 2.29. The van der Waals surface area contributed by atoms with Crippen LogP contribution in [0.3, 0.4) is 0 Å². The van der Waals surface area contributed by atoms with Crippen LogP contribution in [-0.4, -0.2) is 65.6 Å². The number of aryl methyl sites for hydroxylation is 1. The van der Waals surface area contributed by atoms with Crippen molar-refractivity contribution in [2.45, 2.75) is 45.8 Å². The summed E-state index contributed by atoms with van der Waals surface area (Å²) in [5.41, 5.74) is 3.57. The number of benzene rings is 2. The number of carbonyl (C=O) groups is 1. The van der Waals surface area contributed by atoms with Crippen LogP contribution in [0.15, 0.2) is 59.1 Å². The molecule has 2 atom stereocenters. The van der Waals surface area contributed by atoms with Gasteiger partial charge in [0, 0.05) is 43.9 Å². The van der Waals surface area contributed by atoms with Gasteiger partial charge in [-0.05, 0) is 51.7 Å². The van der Waals surface area contributed by atoms with E-state index in [9.17, 15) is 4.79 Å². The van der Waals surface area contributed by atoms with Crippen molar-refractivity contribution < 1.29 is 13.9 Å². The fourth-order valence-electron chi connectivity index (χ4n) is 5.39. The molecule has 1 aromatic heterocycles. The van der Waals surface area contributed by atoms with E-state index in [1.54, 1.807) is 6.20 Å². The zero-order valence-corrected chi connectivity index (χ0v) is 20.9. The number of nitrogens with zero attached hydrogens (tertiary/aromatic N) is 3. The number of hydrogen-bond donors (Lipinski definition) is 0. The summed E-state index contributed by atoms with van der Waals surface area (Å²) in [6.07, 6.45) is 4.38. The van der Waals surface area contributed by atoms with Gasteiger partial charge in [0.05, 0.1) is 24.0 Å². The third-order valence-electron chi connectivity index (χ3n) is 7.14. The maximum atomic E-state index is 13.5. The van der Waals surface area contributed by atoms with Crippen molar-refractivity contribution in [3.63, 3.8) is 0 Å². The van der Waals surface area contributed by atoms with E-state index >= 15 is 0 Å². The van der Waals surface area contributed by atoms with Crippen molar-refractivity contribution in [1.82, 2.24) is 14.8 Å². The van der Waals surface area contributed by atoms with E-state index in [0.29, 0.717) is 35.3 Å². The molecule has 3 heterocycles. The molecule has 2 aliphatic heterocycles. The quantitative estimate of drug-likeness (QED) is 0.505. The van der Waals surface area contributed by atoms with Gasteiger partial charge in [-0.25, -0.2) is 4.98 Å². The summed E-state index contributed by atoms with van der Waals surface area (Å²) in [7, 11) is 0. The average molecular weight is 474 g/mol. The maximum Gasteiger partial charge on any atom is 0.254 e. The number of amides is 1. The first-order valence-electron chi connectivity index (χ1n) is 12.8. The number of hydrogen-bond acceptors (Lipinski definition) is 5. The summed E-state index contributed by atoms with van der Waals surface area (Å²) >= 11 is 0. The average Bonchev–Trinajstić information content (AvgIpc) is 3.34. The van der Waals surface area contributed by atoms with Crippen LogP contribution in [0.5, 0.6) is 0 Å². The van der Waals surface area contributed by atoms with Gasteiger partial charge in [0.25, 0.3) is 5.91 Å². The van der Waals surface area contributed by atoms with Crippen LogP contribution in [0.2, 0.25) is 0 Å². The van der Waals surface area contributed by atoms with Crippen LogP contribution >= 0.6 is 0 Å². The van der Waals surface area contributed by atoms with Crippen molar-refractivity contribution in [1.29, 1.82) is 0 Å². The molecule has 0 bridgehead atoms. The highest BCUT2D eigenvalue weighted by atomic mass is 16.5. The van der Waals surface area contributed by atoms with Gasteiger partial charge in [-0.15, -0.1) is 0 Å². The van der Waals surface area contributed by atoms with Crippen LogP contribution in [0.4, 0.5) is 0 Å². The van der Waals surface area contributed by atoms with Gasteiger partial charge in [0.1, 0.15) is 0 Å². The topological polar surface area (TPSA) is 58.8 Å². The molecule has 0 unspecified atom stereocenters. The van der Waals surface area contributed by atoms with Crippen LogP contribution in [0, 0.1) is 12.8 Å². The molecule has 0 spiro atoms. The summed E-state index contributed by atoms with van der Waals surface area (Å²) in [6.45, 7) is 11.0. The van der Waals surface area contributed by atoms with Crippen molar-refractivity contribution in [2.24, 2.45) is 5.92 Å². The number of carbonyl (C=O) groups excluding carboxylic acids is 1. The molecule has 0 aliphatic carbocycles. The lowest BCUT2D eigenvalue weighted by molar-refractivity contribution is -0.0728. The fourth-order valence-corrected chi connectivity index (χ4v) is 5.39. The van der Waals surface area contributed by atoms with Crippen molar-refractivity contribution >= 4 is 5.91 Å². The van der Waals surface area contributed by atoms with E-state index in [4.69, 9.17) is 9.15 Å². The largest absolute Gasteiger partial charge is 0.436 e. The monoisotopic (exact) mass is 473 g/mol. The van der Waals surface area contributed by atoms with Crippen LogP contribution in [0.25, 0.3) is 22.8 Å². The molecule has 0 saturated carbocycles. The second-order valence-corrected chi connectivity index (χ2v) is 10.2. The predicted molar refractivity (Wildman–Crippen MR) is 137 cm³/mol.